The monoisotopic (exact) mass is 311 g/mol. The Kier molecular flexibility index (Phi) is 4.19. The van der Waals surface area contributed by atoms with Gasteiger partial charge < -0.3 is 9.64 Å². The summed E-state index contributed by atoms with van der Waals surface area (Å²) in [5.74, 6) is 1.33. The first-order chi connectivity index (χ1) is 11.2. The third-order valence-electron chi connectivity index (χ3n) is 6.08. The zero-order valence-corrected chi connectivity index (χ0v) is 14.5. The van der Waals surface area contributed by atoms with E-state index in [0.717, 1.165) is 0 Å². The largest absolute Gasteiger partial charge is 0.378 e. The number of hydrogen-bond donors (Lipinski definition) is 0. The van der Waals surface area contributed by atoms with E-state index in [1.54, 1.807) is 5.57 Å². The predicted molar refractivity (Wildman–Crippen MR) is 95.8 cm³/mol. The SMILES string of the molecule is CN(C)c1ccc([C@@H]2O[C@H]3CCCC[C@H]3C3=CCCC[C@H]32)cc1. The highest BCUT2D eigenvalue weighted by molar-refractivity contribution is 5.46. The lowest BCUT2D eigenvalue weighted by Gasteiger charge is -2.47. The van der Waals surface area contributed by atoms with Crippen molar-refractivity contribution in [2.75, 3.05) is 19.0 Å². The maximum Gasteiger partial charge on any atom is 0.0894 e. The number of benzene rings is 1. The Morgan fingerprint density at radius 2 is 1.65 bits per heavy atom. The summed E-state index contributed by atoms with van der Waals surface area (Å²) in [5, 5.41) is 0. The smallest absolute Gasteiger partial charge is 0.0894 e. The van der Waals surface area contributed by atoms with Gasteiger partial charge in [0.2, 0.25) is 0 Å². The number of anilines is 1. The lowest BCUT2D eigenvalue weighted by Crippen LogP contribution is -2.41. The molecule has 1 saturated carbocycles. The first-order valence-electron chi connectivity index (χ1n) is 9.37. The standard InChI is InChI=1S/C21H29NO/c1-22(2)16-13-11-15(12-14-16)21-19-9-4-3-7-17(19)18-8-5-6-10-20(18)23-21/h7,11-14,18-21H,3-6,8-10H2,1-2H3/t18-,19+,20-,21-/m0/s1. The molecule has 0 spiro atoms. The molecule has 0 aromatic heterocycles. The van der Waals surface area contributed by atoms with E-state index in [9.17, 15) is 0 Å². The minimum atomic E-state index is 0.275. The zero-order valence-electron chi connectivity index (χ0n) is 14.5. The highest BCUT2D eigenvalue weighted by Crippen LogP contribution is 2.51. The Morgan fingerprint density at radius 1 is 0.913 bits per heavy atom. The average Bonchev–Trinajstić information content (AvgIpc) is 2.61. The van der Waals surface area contributed by atoms with Crippen LogP contribution in [0.1, 0.15) is 56.6 Å². The Hall–Kier alpha value is -1.28. The molecular formula is C21H29NO. The van der Waals surface area contributed by atoms with Gasteiger partial charge in [-0.15, -0.1) is 0 Å². The fourth-order valence-electron chi connectivity index (χ4n) is 4.87. The minimum absolute atomic E-state index is 0.275. The summed E-state index contributed by atoms with van der Waals surface area (Å²) in [6.45, 7) is 0. The summed E-state index contributed by atoms with van der Waals surface area (Å²) < 4.78 is 6.69. The van der Waals surface area contributed by atoms with Crippen LogP contribution in [0.4, 0.5) is 5.69 Å². The molecular weight excluding hydrogens is 282 g/mol. The number of allylic oxidation sites excluding steroid dienone is 1. The number of ether oxygens (including phenoxy) is 1. The molecule has 0 N–H and O–H groups in total. The third-order valence-corrected chi connectivity index (χ3v) is 6.08. The fraction of sp³-hybridized carbons (Fsp3) is 0.619. The minimum Gasteiger partial charge on any atom is -0.378 e. The molecule has 1 heterocycles. The molecule has 4 atom stereocenters. The van der Waals surface area contributed by atoms with Crippen molar-refractivity contribution in [3.63, 3.8) is 0 Å². The van der Waals surface area contributed by atoms with Crippen LogP contribution in [0.25, 0.3) is 0 Å². The van der Waals surface area contributed by atoms with Gasteiger partial charge in [-0.3, -0.25) is 0 Å². The topological polar surface area (TPSA) is 12.5 Å². The molecule has 0 bridgehead atoms. The zero-order chi connectivity index (χ0) is 15.8. The molecule has 0 amide bonds. The van der Waals surface area contributed by atoms with E-state index in [0.29, 0.717) is 17.9 Å². The van der Waals surface area contributed by atoms with E-state index in [4.69, 9.17) is 4.74 Å². The lowest BCUT2D eigenvalue weighted by molar-refractivity contribution is -0.106. The van der Waals surface area contributed by atoms with Crippen LogP contribution >= 0.6 is 0 Å². The second-order valence-corrected chi connectivity index (χ2v) is 7.71. The molecule has 1 aromatic carbocycles. The molecule has 0 radical (unpaired) electrons. The summed E-state index contributed by atoms with van der Waals surface area (Å²) in [4.78, 5) is 2.16. The van der Waals surface area contributed by atoms with Gasteiger partial charge in [-0.2, -0.15) is 0 Å². The Labute approximate surface area is 140 Å². The molecule has 1 saturated heterocycles. The van der Waals surface area contributed by atoms with Gasteiger partial charge in [0.25, 0.3) is 0 Å². The second kappa shape index (κ2) is 6.32. The van der Waals surface area contributed by atoms with Gasteiger partial charge in [-0.25, -0.2) is 0 Å². The molecule has 2 heteroatoms. The highest BCUT2D eigenvalue weighted by Gasteiger charge is 2.43. The van der Waals surface area contributed by atoms with Crippen LogP contribution in [0, 0.1) is 11.8 Å². The van der Waals surface area contributed by atoms with Crippen LogP contribution in [0.5, 0.6) is 0 Å². The van der Waals surface area contributed by atoms with Crippen LogP contribution in [0.2, 0.25) is 0 Å². The average molecular weight is 311 g/mol. The van der Waals surface area contributed by atoms with Crippen molar-refractivity contribution in [3.05, 3.63) is 41.5 Å². The van der Waals surface area contributed by atoms with Gasteiger partial charge in [0, 0.05) is 31.6 Å². The normalized spacial score (nSPS) is 33.4. The maximum atomic E-state index is 6.69. The first kappa shape index (κ1) is 15.3. The van der Waals surface area contributed by atoms with E-state index < -0.39 is 0 Å². The van der Waals surface area contributed by atoms with Crippen molar-refractivity contribution in [3.8, 4) is 0 Å². The maximum absolute atomic E-state index is 6.69. The van der Waals surface area contributed by atoms with Gasteiger partial charge in [-0.05, 0) is 49.8 Å². The highest BCUT2D eigenvalue weighted by atomic mass is 16.5. The van der Waals surface area contributed by atoms with Gasteiger partial charge in [0.05, 0.1) is 12.2 Å². The number of fused-ring (bicyclic) bond motifs is 3. The summed E-state index contributed by atoms with van der Waals surface area (Å²) in [7, 11) is 4.20. The van der Waals surface area contributed by atoms with Crippen molar-refractivity contribution in [2.24, 2.45) is 11.8 Å². The van der Waals surface area contributed by atoms with Crippen LogP contribution < -0.4 is 4.90 Å². The van der Waals surface area contributed by atoms with Crippen molar-refractivity contribution >= 4 is 5.69 Å². The van der Waals surface area contributed by atoms with Crippen LogP contribution in [0.15, 0.2) is 35.9 Å². The van der Waals surface area contributed by atoms with E-state index in [2.05, 4.69) is 49.3 Å². The molecule has 1 aromatic rings. The summed E-state index contributed by atoms with van der Waals surface area (Å²) >= 11 is 0. The molecule has 2 fully saturated rings. The van der Waals surface area contributed by atoms with Crippen molar-refractivity contribution in [1.82, 2.24) is 0 Å². The Morgan fingerprint density at radius 3 is 2.43 bits per heavy atom. The van der Waals surface area contributed by atoms with Gasteiger partial charge in [0.15, 0.2) is 0 Å². The van der Waals surface area contributed by atoms with Gasteiger partial charge >= 0.3 is 0 Å². The van der Waals surface area contributed by atoms with E-state index in [1.165, 1.54) is 56.2 Å². The molecule has 124 valence electrons. The van der Waals surface area contributed by atoms with Crippen molar-refractivity contribution < 1.29 is 4.74 Å². The van der Waals surface area contributed by atoms with Crippen molar-refractivity contribution in [2.45, 2.75) is 57.2 Å². The van der Waals surface area contributed by atoms with Crippen LogP contribution in [0.3, 0.4) is 0 Å². The number of hydrogen-bond acceptors (Lipinski definition) is 2. The molecule has 2 nitrogen and oxygen atoms in total. The summed E-state index contributed by atoms with van der Waals surface area (Å²) in [5.41, 5.74) is 4.38. The molecule has 0 unspecified atom stereocenters. The number of rotatable bonds is 2. The van der Waals surface area contributed by atoms with E-state index >= 15 is 0 Å². The fourth-order valence-corrected chi connectivity index (χ4v) is 4.87. The predicted octanol–water partition coefficient (Wildman–Crippen LogP) is 5.11. The third kappa shape index (κ3) is 2.82. The Bertz CT molecular complexity index is 574. The van der Waals surface area contributed by atoms with E-state index in [1.807, 2.05) is 0 Å². The quantitative estimate of drug-likeness (QED) is 0.704. The molecule has 2 aliphatic carbocycles. The van der Waals surface area contributed by atoms with Crippen LogP contribution in [-0.2, 0) is 4.74 Å². The second-order valence-electron chi connectivity index (χ2n) is 7.71. The molecule has 1 aliphatic heterocycles. The van der Waals surface area contributed by atoms with Crippen molar-refractivity contribution in [1.29, 1.82) is 0 Å². The first-order valence-corrected chi connectivity index (χ1v) is 9.37. The Balaban J connectivity index is 1.64. The van der Waals surface area contributed by atoms with E-state index in [-0.39, 0.29) is 6.10 Å². The van der Waals surface area contributed by atoms with Crippen LogP contribution in [-0.4, -0.2) is 20.2 Å². The number of nitrogens with zero attached hydrogens (tertiary/aromatic N) is 1. The molecule has 4 rings (SSSR count). The molecule has 3 aliphatic rings. The molecule has 23 heavy (non-hydrogen) atoms. The summed E-state index contributed by atoms with van der Waals surface area (Å²) in [6.07, 6.45) is 12.5. The van der Waals surface area contributed by atoms with Gasteiger partial charge in [-0.1, -0.05) is 36.6 Å². The lowest BCUT2D eigenvalue weighted by atomic mass is 9.68. The summed E-state index contributed by atoms with van der Waals surface area (Å²) in [6, 6.07) is 9.04. The van der Waals surface area contributed by atoms with Gasteiger partial charge in [0.1, 0.15) is 0 Å².